The van der Waals surface area contributed by atoms with Gasteiger partial charge in [0.2, 0.25) is 15.9 Å². The zero-order valence-electron chi connectivity index (χ0n) is 21.4. The van der Waals surface area contributed by atoms with Gasteiger partial charge in [0.15, 0.2) is 0 Å². The molecular weight excluding hydrogens is 477 g/mol. The van der Waals surface area contributed by atoms with Crippen molar-refractivity contribution in [3.63, 3.8) is 0 Å². The summed E-state index contributed by atoms with van der Waals surface area (Å²) >= 11 is 0. The van der Waals surface area contributed by atoms with Gasteiger partial charge < -0.3 is 10.6 Å². The summed E-state index contributed by atoms with van der Waals surface area (Å²) < 4.78 is 42.2. The van der Waals surface area contributed by atoms with Crippen molar-refractivity contribution in [2.75, 3.05) is 5.32 Å². The van der Waals surface area contributed by atoms with E-state index in [1.54, 1.807) is 24.3 Å². The Kier molecular flexibility index (Phi) is 8.35. The largest absolute Gasteiger partial charge is 0.382 e. The van der Waals surface area contributed by atoms with Gasteiger partial charge in [-0.15, -0.1) is 0 Å². The van der Waals surface area contributed by atoms with Crippen LogP contribution in [0.1, 0.15) is 76.5 Å². The predicted octanol–water partition coefficient (Wildman–Crippen LogP) is 5.31. The van der Waals surface area contributed by atoms with Gasteiger partial charge in [-0.2, -0.15) is 0 Å². The topological polar surface area (TPSA) is 87.3 Å². The fourth-order valence-corrected chi connectivity index (χ4v) is 6.73. The number of carbonyl (C=O) groups excluding carboxylic acids is 1. The second-order valence-electron chi connectivity index (χ2n) is 10.8. The van der Waals surface area contributed by atoms with Crippen LogP contribution in [0.5, 0.6) is 0 Å². The first-order valence-electron chi connectivity index (χ1n) is 13.1. The highest BCUT2D eigenvalue weighted by Crippen LogP contribution is 2.31. The third kappa shape index (κ3) is 6.65. The highest BCUT2D eigenvalue weighted by Gasteiger charge is 2.30. The number of nitrogens with one attached hydrogen (secondary N) is 3. The van der Waals surface area contributed by atoms with Gasteiger partial charge in [0.25, 0.3) is 0 Å². The predicted molar refractivity (Wildman–Crippen MR) is 141 cm³/mol. The Morgan fingerprint density at radius 3 is 2.39 bits per heavy atom. The van der Waals surface area contributed by atoms with Crippen molar-refractivity contribution in [1.82, 2.24) is 10.0 Å². The van der Waals surface area contributed by atoms with Crippen LogP contribution < -0.4 is 15.4 Å². The quantitative estimate of drug-likeness (QED) is 0.445. The van der Waals surface area contributed by atoms with Crippen LogP contribution in [0.2, 0.25) is 0 Å². The van der Waals surface area contributed by atoms with Gasteiger partial charge in [-0.1, -0.05) is 26.0 Å². The van der Waals surface area contributed by atoms with Crippen LogP contribution >= 0.6 is 0 Å². The van der Waals surface area contributed by atoms with Crippen LogP contribution in [0.4, 0.5) is 10.1 Å². The van der Waals surface area contributed by atoms with Crippen molar-refractivity contribution < 1.29 is 17.6 Å². The van der Waals surface area contributed by atoms with E-state index in [1.165, 1.54) is 12.1 Å². The molecule has 1 aliphatic heterocycles. The Labute approximate surface area is 214 Å². The Balaban J connectivity index is 1.29. The lowest BCUT2D eigenvalue weighted by atomic mass is 9.85. The normalized spacial score (nSPS) is 23.0. The van der Waals surface area contributed by atoms with Crippen LogP contribution in [0.25, 0.3) is 0 Å². The van der Waals surface area contributed by atoms with Crippen molar-refractivity contribution in [3.8, 4) is 0 Å². The Bertz CT molecular complexity index is 1160. The van der Waals surface area contributed by atoms with Crippen molar-refractivity contribution in [2.24, 2.45) is 11.8 Å². The number of aryl methyl sites for hydroxylation is 1. The molecule has 1 heterocycles. The second kappa shape index (κ2) is 11.3. The van der Waals surface area contributed by atoms with Gasteiger partial charge in [-0.05, 0) is 99.2 Å². The molecule has 0 spiro atoms. The van der Waals surface area contributed by atoms with Gasteiger partial charge >= 0.3 is 0 Å². The lowest BCUT2D eigenvalue weighted by Crippen LogP contribution is -2.41. The average molecular weight is 516 g/mol. The van der Waals surface area contributed by atoms with Gasteiger partial charge in [0, 0.05) is 23.7 Å². The first-order valence-corrected chi connectivity index (χ1v) is 14.6. The van der Waals surface area contributed by atoms with E-state index >= 15 is 0 Å². The van der Waals surface area contributed by atoms with E-state index in [1.807, 2.05) is 13.0 Å². The Hall–Kier alpha value is -2.45. The van der Waals surface area contributed by atoms with E-state index in [4.69, 9.17) is 0 Å². The molecule has 3 N–H and O–H groups in total. The summed E-state index contributed by atoms with van der Waals surface area (Å²) in [5.41, 5.74) is 2.93. The fourth-order valence-electron chi connectivity index (χ4n) is 5.38. The highest BCUT2D eigenvalue weighted by atomic mass is 32.2. The fraction of sp³-hybridized carbons (Fsp3) is 0.536. The molecule has 4 rings (SSSR count). The summed E-state index contributed by atoms with van der Waals surface area (Å²) in [5.74, 6) is 0.126. The molecule has 1 aliphatic carbocycles. The smallest absolute Gasteiger partial charge is 0.240 e. The number of benzene rings is 2. The zero-order chi connectivity index (χ0) is 25.9. The molecule has 0 saturated heterocycles. The van der Waals surface area contributed by atoms with E-state index in [0.717, 1.165) is 36.1 Å². The summed E-state index contributed by atoms with van der Waals surface area (Å²) in [6.07, 6.45) is 5.47. The standard InChI is InChI=1S/C28H38FN3O3S/c1-18(2)16-25-13-8-22-17-26(14-15-27(22)31-25)36(34,35)32-24-11-6-21(7-12-24)28(33)30-19(3)20-4-9-23(29)10-5-20/h4-5,9-10,14-15,17-19,21,24-25,31-32H,6-8,11-13,16H2,1-3H3,(H,30,33)/t19-,21?,24?,25?/m1/s1. The number of carbonyl (C=O) groups is 1. The molecule has 36 heavy (non-hydrogen) atoms. The molecule has 2 aliphatic rings. The summed E-state index contributed by atoms with van der Waals surface area (Å²) in [5, 5.41) is 6.57. The molecule has 2 aromatic carbocycles. The van der Waals surface area contributed by atoms with Crippen LogP contribution in [-0.4, -0.2) is 26.4 Å². The molecule has 1 saturated carbocycles. The summed E-state index contributed by atoms with van der Waals surface area (Å²) in [6.45, 7) is 6.31. The molecule has 0 bridgehead atoms. The van der Waals surface area contributed by atoms with Crippen LogP contribution in [0.15, 0.2) is 47.4 Å². The maximum Gasteiger partial charge on any atom is 0.240 e. The molecule has 2 atom stereocenters. The number of halogens is 1. The van der Waals surface area contributed by atoms with Crippen LogP contribution in [0.3, 0.4) is 0 Å². The van der Waals surface area contributed by atoms with E-state index in [-0.39, 0.29) is 29.7 Å². The summed E-state index contributed by atoms with van der Waals surface area (Å²) in [7, 11) is -3.63. The molecule has 196 valence electrons. The number of anilines is 1. The number of sulfonamides is 1. The third-order valence-electron chi connectivity index (χ3n) is 7.41. The van der Waals surface area contributed by atoms with Crippen molar-refractivity contribution >= 4 is 21.6 Å². The lowest BCUT2D eigenvalue weighted by molar-refractivity contribution is -0.126. The van der Waals surface area contributed by atoms with Crippen LogP contribution in [-0.2, 0) is 21.2 Å². The van der Waals surface area contributed by atoms with E-state index in [2.05, 4.69) is 29.2 Å². The zero-order valence-corrected chi connectivity index (χ0v) is 22.2. The van der Waals surface area contributed by atoms with Gasteiger partial charge in [0.1, 0.15) is 5.82 Å². The molecule has 1 unspecified atom stereocenters. The first kappa shape index (κ1) is 26.6. The molecule has 0 radical (unpaired) electrons. The molecule has 0 aromatic heterocycles. The maximum atomic E-state index is 13.2. The van der Waals surface area contributed by atoms with Gasteiger partial charge in [-0.3, -0.25) is 4.79 Å². The molecule has 8 heteroatoms. The Morgan fingerprint density at radius 2 is 1.72 bits per heavy atom. The average Bonchev–Trinajstić information content (AvgIpc) is 2.84. The number of rotatable bonds is 8. The van der Waals surface area contributed by atoms with E-state index in [9.17, 15) is 17.6 Å². The minimum Gasteiger partial charge on any atom is -0.382 e. The second-order valence-corrected chi connectivity index (χ2v) is 12.5. The molecular formula is C28H38FN3O3S. The van der Waals surface area contributed by atoms with Crippen molar-refractivity contribution in [1.29, 1.82) is 0 Å². The number of hydrogen-bond acceptors (Lipinski definition) is 4. The third-order valence-corrected chi connectivity index (χ3v) is 8.93. The minimum atomic E-state index is -3.63. The maximum absolute atomic E-state index is 13.2. The molecule has 1 fully saturated rings. The number of hydrogen-bond donors (Lipinski definition) is 3. The van der Waals surface area contributed by atoms with Gasteiger partial charge in [0.05, 0.1) is 10.9 Å². The first-order chi connectivity index (χ1) is 17.1. The summed E-state index contributed by atoms with van der Waals surface area (Å²) in [6, 6.07) is 11.5. The SMILES string of the molecule is CC(C)CC1CCc2cc(S(=O)(=O)NC3CCC(C(=O)N[C@H](C)c4ccc(F)cc4)CC3)ccc2N1. The van der Waals surface area contributed by atoms with E-state index in [0.29, 0.717) is 42.5 Å². The number of fused-ring (bicyclic) bond motifs is 1. The molecule has 2 aromatic rings. The minimum absolute atomic E-state index is 0.0360. The van der Waals surface area contributed by atoms with E-state index < -0.39 is 10.0 Å². The number of amides is 1. The van der Waals surface area contributed by atoms with Crippen LogP contribution in [0, 0.1) is 17.7 Å². The summed E-state index contributed by atoms with van der Waals surface area (Å²) in [4.78, 5) is 13.1. The monoisotopic (exact) mass is 515 g/mol. The Morgan fingerprint density at radius 1 is 1.03 bits per heavy atom. The molecule has 6 nitrogen and oxygen atoms in total. The lowest BCUT2D eigenvalue weighted by Gasteiger charge is -2.30. The molecule has 1 amide bonds. The van der Waals surface area contributed by atoms with Gasteiger partial charge in [-0.25, -0.2) is 17.5 Å². The van der Waals surface area contributed by atoms with Crippen molar-refractivity contribution in [2.45, 2.75) is 88.7 Å². The van der Waals surface area contributed by atoms with Crippen molar-refractivity contribution in [3.05, 3.63) is 59.4 Å². The highest BCUT2D eigenvalue weighted by molar-refractivity contribution is 7.89.